The standard InChI is InChI=1S/C22H21N5O5S/c1-31-21-17(10-25-22(27-21)32-2)14-6-7-16-18(9-14)24-11-19(33(23,29)30)20(16)26-15-5-3-4-13(8-15)12-28/h3-11,28H,12H2,1-2H3,(H,24,26)(H2,23,29,30). The van der Waals surface area contributed by atoms with Gasteiger partial charge in [0.1, 0.15) is 4.90 Å². The number of aliphatic hydroxyl groups excluding tert-OH is 1. The third kappa shape index (κ3) is 4.55. The van der Waals surface area contributed by atoms with Crippen LogP contribution in [0.15, 0.2) is 59.8 Å². The van der Waals surface area contributed by atoms with E-state index in [1.165, 1.54) is 20.4 Å². The fraction of sp³-hybridized carbons (Fsp3) is 0.136. The Kier molecular flexibility index (Phi) is 6.09. The van der Waals surface area contributed by atoms with Crippen molar-refractivity contribution >= 4 is 32.3 Å². The molecule has 33 heavy (non-hydrogen) atoms. The molecule has 0 atom stereocenters. The number of sulfonamides is 1. The van der Waals surface area contributed by atoms with Gasteiger partial charge in [0, 0.05) is 23.5 Å². The van der Waals surface area contributed by atoms with Crippen molar-refractivity contribution in [3.8, 4) is 23.0 Å². The number of benzene rings is 2. The minimum absolute atomic E-state index is 0.149. The van der Waals surface area contributed by atoms with Crippen LogP contribution in [0.3, 0.4) is 0 Å². The van der Waals surface area contributed by atoms with Gasteiger partial charge in [-0.15, -0.1) is 0 Å². The second-order valence-electron chi connectivity index (χ2n) is 7.04. The summed E-state index contributed by atoms with van der Waals surface area (Å²) in [5.74, 6) is 0.321. The smallest absolute Gasteiger partial charge is 0.319 e. The Morgan fingerprint density at radius 2 is 1.88 bits per heavy atom. The number of aliphatic hydroxyl groups is 1. The van der Waals surface area contributed by atoms with Crippen molar-refractivity contribution in [2.24, 2.45) is 5.14 Å². The highest BCUT2D eigenvalue weighted by Crippen LogP contribution is 2.35. The second kappa shape index (κ2) is 8.98. The Hall–Kier alpha value is -3.80. The van der Waals surface area contributed by atoms with Crippen molar-refractivity contribution in [1.82, 2.24) is 15.0 Å². The summed E-state index contributed by atoms with van der Waals surface area (Å²) in [7, 11) is -1.12. The zero-order valence-corrected chi connectivity index (χ0v) is 18.6. The molecule has 11 heteroatoms. The lowest BCUT2D eigenvalue weighted by Gasteiger charge is -2.15. The van der Waals surface area contributed by atoms with Gasteiger partial charge in [0.15, 0.2) is 0 Å². The number of rotatable bonds is 7. The normalized spacial score (nSPS) is 11.4. The summed E-state index contributed by atoms with van der Waals surface area (Å²) >= 11 is 0. The van der Waals surface area contributed by atoms with Crippen molar-refractivity contribution < 1.29 is 23.0 Å². The first kappa shape index (κ1) is 22.4. The molecule has 4 aromatic rings. The van der Waals surface area contributed by atoms with Crippen molar-refractivity contribution in [1.29, 1.82) is 0 Å². The number of primary sulfonamides is 1. The van der Waals surface area contributed by atoms with Crippen LogP contribution in [0.1, 0.15) is 5.56 Å². The van der Waals surface area contributed by atoms with Gasteiger partial charge in [0.25, 0.3) is 0 Å². The van der Waals surface area contributed by atoms with E-state index in [1.807, 2.05) is 0 Å². The van der Waals surface area contributed by atoms with Crippen molar-refractivity contribution in [3.63, 3.8) is 0 Å². The second-order valence-corrected chi connectivity index (χ2v) is 8.57. The molecule has 0 saturated carbocycles. The molecule has 2 aromatic carbocycles. The van der Waals surface area contributed by atoms with Crippen molar-refractivity contribution in [3.05, 3.63) is 60.4 Å². The van der Waals surface area contributed by atoms with E-state index in [-0.39, 0.29) is 23.2 Å². The summed E-state index contributed by atoms with van der Waals surface area (Å²) < 4.78 is 34.9. The molecule has 0 amide bonds. The average Bonchev–Trinajstić information content (AvgIpc) is 2.82. The van der Waals surface area contributed by atoms with Crippen LogP contribution in [0.4, 0.5) is 11.4 Å². The summed E-state index contributed by atoms with van der Waals surface area (Å²) in [4.78, 5) is 12.5. The molecule has 0 radical (unpaired) electrons. The first-order valence-corrected chi connectivity index (χ1v) is 11.3. The molecule has 4 N–H and O–H groups in total. The van der Waals surface area contributed by atoms with Gasteiger partial charge in [-0.25, -0.2) is 18.5 Å². The molecule has 4 rings (SSSR count). The topological polar surface area (TPSA) is 150 Å². The van der Waals surface area contributed by atoms with Gasteiger partial charge in [0.2, 0.25) is 15.9 Å². The van der Waals surface area contributed by atoms with Crippen LogP contribution >= 0.6 is 0 Å². The molecule has 0 aliphatic heterocycles. The summed E-state index contributed by atoms with van der Waals surface area (Å²) in [5, 5.41) is 18.5. The van der Waals surface area contributed by atoms with Gasteiger partial charge in [-0.05, 0) is 29.3 Å². The van der Waals surface area contributed by atoms with Crippen LogP contribution < -0.4 is 19.9 Å². The predicted molar refractivity (Wildman–Crippen MR) is 123 cm³/mol. The number of pyridine rings is 1. The SMILES string of the molecule is COc1ncc(-c2ccc3c(Nc4cccc(CO)c4)c(S(N)(=O)=O)cnc3c2)c(OC)n1. The Balaban J connectivity index is 1.87. The number of aromatic nitrogens is 3. The number of anilines is 2. The highest BCUT2D eigenvalue weighted by atomic mass is 32.2. The van der Waals surface area contributed by atoms with E-state index in [4.69, 9.17) is 14.6 Å². The lowest BCUT2D eigenvalue weighted by atomic mass is 10.0. The summed E-state index contributed by atoms with van der Waals surface area (Å²) in [5.41, 5.74) is 3.38. The van der Waals surface area contributed by atoms with E-state index in [0.717, 1.165) is 0 Å². The van der Waals surface area contributed by atoms with Crippen molar-refractivity contribution in [2.75, 3.05) is 19.5 Å². The maximum atomic E-state index is 12.3. The first-order valence-electron chi connectivity index (χ1n) is 9.72. The van der Waals surface area contributed by atoms with Crippen molar-refractivity contribution in [2.45, 2.75) is 11.5 Å². The number of hydrogen-bond donors (Lipinski definition) is 3. The molecule has 2 heterocycles. The summed E-state index contributed by atoms with van der Waals surface area (Å²) in [6.07, 6.45) is 2.78. The van der Waals surface area contributed by atoms with Gasteiger partial charge in [-0.1, -0.05) is 24.3 Å². The largest absolute Gasteiger partial charge is 0.480 e. The summed E-state index contributed by atoms with van der Waals surface area (Å²) in [6, 6.07) is 12.4. The Morgan fingerprint density at radius 1 is 1.06 bits per heavy atom. The molecule has 0 bridgehead atoms. The van der Waals surface area contributed by atoms with Crippen LogP contribution in [0.5, 0.6) is 11.9 Å². The predicted octanol–water partition coefficient (Wildman–Crippen LogP) is 2.59. The number of methoxy groups -OCH3 is 2. The highest BCUT2D eigenvalue weighted by Gasteiger charge is 2.19. The fourth-order valence-electron chi connectivity index (χ4n) is 3.38. The van der Waals surface area contributed by atoms with Gasteiger partial charge < -0.3 is 19.9 Å². The molecule has 10 nitrogen and oxygen atoms in total. The third-order valence-corrected chi connectivity index (χ3v) is 5.86. The Morgan fingerprint density at radius 3 is 2.58 bits per heavy atom. The highest BCUT2D eigenvalue weighted by molar-refractivity contribution is 7.89. The monoisotopic (exact) mass is 467 g/mol. The molecular formula is C22H21N5O5S. The molecular weight excluding hydrogens is 446 g/mol. The van der Waals surface area contributed by atoms with E-state index in [0.29, 0.717) is 39.2 Å². The number of nitrogens with two attached hydrogens (primary N) is 1. The van der Waals surface area contributed by atoms with E-state index in [1.54, 1.807) is 48.7 Å². The Labute approximate surface area is 190 Å². The molecule has 0 saturated heterocycles. The van der Waals surface area contributed by atoms with Gasteiger partial charge >= 0.3 is 6.01 Å². The molecule has 170 valence electrons. The minimum atomic E-state index is -4.07. The molecule has 2 aromatic heterocycles. The number of hydrogen-bond acceptors (Lipinski definition) is 9. The van der Waals surface area contributed by atoms with Crippen LogP contribution in [-0.4, -0.2) is 42.7 Å². The maximum absolute atomic E-state index is 12.3. The van der Waals surface area contributed by atoms with Crippen LogP contribution in [0, 0.1) is 0 Å². The van der Waals surface area contributed by atoms with E-state index in [9.17, 15) is 13.5 Å². The van der Waals surface area contributed by atoms with E-state index < -0.39 is 10.0 Å². The van der Waals surface area contributed by atoms with Crippen LogP contribution in [0.25, 0.3) is 22.0 Å². The number of nitrogens with zero attached hydrogens (tertiary/aromatic N) is 3. The first-order chi connectivity index (χ1) is 15.8. The third-order valence-electron chi connectivity index (χ3n) is 4.94. The molecule has 0 aliphatic rings. The van der Waals surface area contributed by atoms with Gasteiger partial charge in [-0.2, -0.15) is 4.98 Å². The molecule has 0 aliphatic carbocycles. The quantitative estimate of drug-likeness (QED) is 0.373. The van der Waals surface area contributed by atoms with Crippen LogP contribution in [0.2, 0.25) is 0 Å². The molecule has 0 fully saturated rings. The van der Waals surface area contributed by atoms with E-state index >= 15 is 0 Å². The number of nitrogens with one attached hydrogen (secondary N) is 1. The Bertz CT molecular complexity index is 1440. The van der Waals surface area contributed by atoms with Crippen LogP contribution in [-0.2, 0) is 16.6 Å². The zero-order chi connectivity index (χ0) is 23.6. The zero-order valence-electron chi connectivity index (χ0n) is 17.8. The van der Waals surface area contributed by atoms with Gasteiger partial charge in [-0.3, -0.25) is 4.98 Å². The number of fused-ring (bicyclic) bond motifs is 1. The molecule has 0 spiro atoms. The minimum Gasteiger partial charge on any atom is -0.480 e. The molecule has 0 unspecified atom stereocenters. The lowest BCUT2D eigenvalue weighted by Crippen LogP contribution is -2.15. The summed E-state index contributed by atoms with van der Waals surface area (Å²) in [6.45, 7) is -0.149. The average molecular weight is 468 g/mol. The fourth-order valence-corrected chi connectivity index (χ4v) is 4.03. The number of ether oxygens (including phenoxy) is 2. The lowest BCUT2D eigenvalue weighted by molar-refractivity contribution is 0.282. The van der Waals surface area contributed by atoms with E-state index in [2.05, 4.69) is 20.3 Å². The maximum Gasteiger partial charge on any atom is 0.319 e. The van der Waals surface area contributed by atoms with Gasteiger partial charge in [0.05, 0.1) is 37.6 Å².